The molecule has 1 saturated heterocycles. The zero-order valence-corrected chi connectivity index (χ0v) is 14.2. The van der Waals surface area contributed by atoms with Gasteiger partial charge in [0.2, 0.25) is 0 Å². The van der Waals surface area contributed by atoms with Crippen LogP contribution in [0.1, 0.15) is 5.56 Å². The fourth-order valence-corrected chi connectivity index (χ4v) is 4.11. The molecule has 0 aliphatic carbocycles. The second-order valence-electron chi connectivity index (χ2n) is 6.28. The Bertz CT molecular complexity index is 770. The number of hydrogen-bond donors (Lipinski definition) is 0. The van der Waals surface area contributed by atoms with Crippen molar-refractivity contribution in [2.24, 2.45) is 0 Å². The summed E-state index contributed by atoms with van der Waals surface area (Å²) in [6.45, 7) is 5.70. The zero-order valence-electron chi connectivity index (χ0n) is 13.4. The standard InChI is InChI=1S/C19H21N3S/c1-21-8-10-22(11-9-21)14-15-4-2-5-16(12-15)19-13-17-18(23-19)6-3-7-20-17/h2-7,12-13H,8-11,14H2,1H3. The highest BCUT2D eigenvalue weighted by molar-refractivity contribution is 7.22. The van der Waals surface area contributed by atoms with Gasteiger partial charge < -0.3 is 4.90 Å². The molecular weight excluding hydrogens is 302 g/mol. The summed E-state index contributed by atoms with van der Waals surface area (Å²) in [4.78, 5) is 10.7. The molecule has 0 unspecified atom stereocenters. The summed E-state index contributed by atoms with van der Waals surface area (Å²) in [6, 6.07) is 15.3. The molecule has 4 rings (SSSR count). The van der Waals surface area contributed by atoms with Crippen LogP contribution in [0.3, 0.4) is 0 Å². The van der Waals surface area contributed by atoms with E-state index >= 15 is 0 Å². The predicted molar refractivity (Wildman–Crippen MR) is 97.8 cm³/mol. The van der Waals surface area contributed by atoms with E-state index < -0.39 is 0 Å². The number of hydrogen-bond acceptors (Lipinski definition) is 4. The monoisotopic (exact) mass is 323 g/mol. The maximum absolute atomic E-state index is 4.45. The van der Waals surface area contributed by atoms with Crippen molar-refractivity contribution >= 4 is 21.6 Å². The van der Waals surface area contributed by atoms with E-state index in [4.69, 9.17) is 0 Å². The van der Waals surface area contributed by atoms with E-state index in [0.717, 1.165) is 25.2 Å². The van der Waals surface area contributed by atoms with Crippen molar-refractivity contribution in [2.45, 2.75) is 6.54 Å². The van der Waals surface area contributed by atoms with Crippen LogP contribution < -0.4 is 0 Å². The molecule has 3 aromatic rings. The molecule has 1 aliphatic heterocycles. The van der Waals surface area contributed by atoms with Crippen molar-refractivity contribution in [3.8, 4) is 10.4 Å². The van der Waals surface area contributed by atoms with E-state index in [-0.39, 0.29) is 0 Å². The summed E-state index contributed by atoms with van der Waals surface area (Å²) in [6.07, 6.45) is 1.86. The van der Waals surface area contributed by atoms with Crippen molar-refractivity contribution in [3.05, 3.63) is 54.2 Å². The zero-order chi connectivity index (χ0) is 15.6. The average molecular weight is 323 g/mol. The lowest BCUT2D eigenvalue weighted by Crippen LogP contribution is -2.43. The lowest BCUT2D eigenvalue weighted by molar-refractivity contribution is 0.148. The van der Waals surface area contributed by atoms with E-state index in [9.17, 15) is 0 Å². The highest BCUT2D eigenvalue weighted by atomic mass is 32.1. The molecule has 4 heteroatoms. The SMILES string of the molecule is CN1CCN(Cc2cccc(-c3cc4ncccc4s3)c2)CC1. The smallest absolute Gasteiger partial charge is 0.0816 e. The predicted octanol–water partition coefficient (Wildman–Crippen LogP) is 3.71. The number of aromatic nitrogens is 1. The van der Waals surface area contributed by atoms with Crippen molar-refractivity contribution in [1.82, 2.24) is 14.8 Å². The second-order valence-corrected chi connectivity index (χ2v) is 7.36. The van der Waals surface area contributed by atoms with Gasteiger partial charge in [0.25, 0.3) is 0 Å². The van der Waals surface area contributed by atoms with Crippen LogP contribution in [-0.4, -0.2) is 48.0 Å². The van der Waals surface area contributed by atoms with Crippen LogP contribution in [-0.2, 0) is 6.54 Å². The minimum atomic E-state index is 1.05. The molecule has 2 aromatic heterocycles. The molecular formula is C19H21N3S. The molecule has 3 heterocycles. The topological polar surface area (TPSA) is 19.4 Å². The fourth-order valence-electron chi connectivity index (χ4n) is 3.10. The first-order valence-electron chi connectivity index (χ1n) is 8.13. The lowest BCUT2D eigenvalue weighted by atomic mass is 10.1. The molecule has 1 aliphatic rings. The maximum Gasteiger partial charge on any atom is 0.0816 e. The largest absolute Gasteiger partial charge is 0.304 e. The summed E-state index contributed by atoms with van der Waals surface area (Å²) in [5, 5.41) is 0. The van der Waals surface area contributed by atoms with Gasteiger partial charge in [0.15, 0.2) is 0 Å². The Morgan fingerprint density at radius 3 is 2.74 bits per heavy atom. The van der Waals surface area contributed by atoms with Crippen molar-refractivity contribution < 1.29 is 0 Å². The Morgan fingerprint density at radius 2 is 1.91 bits per heavy atom. The minimum Gasteiger partial charge on any atom is -0.304 e. The molecule has 0 saturated carbocycles. The number of piperazine rings is 1. The molecule has 23 heavy (non-hydrogen) atoms. The van der Waals surface area contributed by atoms with Gasteiger partial charge in [-0.2, -0.15) is 0 Å². The van der Waals surface area contributed by atoms with Crippen molar-refractivity contribution in [1.29, 1.82) is 0 Å². The Kier molecular flexibility index (Phi) is 4.12. The van der Waals surface area contributed by atoms with Crippen molar-refractivity contribution in [2.75, 3.05) is 33.2 Å². The molecule has 0 radical (unpaired) electrons. The van der Waals surface area contributed by atoms with E-state index in [1.54, 1.807) is 0 Å². The summed E-state index contributed by atoms with van der Waals surface area (Å²) >= 11 is 1.82. The Labute approximate surface area is 141 Å². The highest BCUT2D eigenvalue weighted by Gasteiger charge is 2.14. The molecule has 3 nitrogen and oxygen atoms in total. The van der Waals surface area contributed by atoms with Gasteiger partial charge in [0.1, 0.15) is 0 Å². The van der Waals surface area contributed by atoms with Crippen LogP contribution in [0.25, 0.3) is 20.7 Å². The number of thiophene rings is 1. The van der Waals surface area contributed by atoms with Gasteiger partial charge in [-0.1, -0.05) is 18.2 Å². The molecule has 1 fully saturated rings. The third-order valence-corrected chi connectivity index (χ3v) is 5.64. The summed E-state index contributed by atoms with van der Waals surface area (Å²) in [7, 11) is 2.20. The average Bonchev–Trinajstić information content (AvgIpc) is 3.01. The Hall–Kier alpha value is -1.75. The van der Waals surface area contributed by atoms with Crippen LogP contribution in [0.2, 0.25) is 0 Å². The van der Waals surface area contributed by atoms with Gasteiger partial charge in [-0.15, -0.1) is 11.3 Å². The van der Waals surface area contributed by atoms with E-state index in [1.165, 1.54) is 33.8 Å². The van der Waals surface area contributed by atoms with Crippen LogP contribution in [0.15, 0.2) is 48.7 Å². The molecule has 118 valence electrons. The quantitative estimate of drug-likeness (QED) is 0.732. The fraction of sp³-hybridized carbons (Fsp3) is 0.316. The number of fused-ring (bicyclic) bond motifs is 1. The summed E-state index contributed by atoms with van der Waals surface area (Å²) in [5.74, 6) is 0. The van der Waals surface area contributed by atoms with Crippen LogP contribution in [0.4, 0.5) is 0 Å². The van der Waals surface area contributed by atoms with Gasteiger partial charge >= 0.3 is 0 Å². The van der Waals surface area contributed by atoms with Gasteiger partial charge in [-0.05, 0) is 42.4 Å². The highest BCUT2D eigenvalue weighted by Crippen LogP contribution is 2.32. The first-order chi connectivity index (χ1) is 11.3. The number of rotatable bonds is 3. The normalized spacial score (nSPS) is 16.9. The number of likely N-dealkylation sites (N-methyl/N-ethyl adjacent to an activating group) is 1. The van der Waals surface area contributed by atoms with Gasteiger partial charge in [0, 0.05) is 43.8 Å². The van der Waals surface area contributed by atoms with Crippen LogP contribution >= 0.6 is 11.3 Å². The Balaban J connectivity index is 1.56. The molecule has 0 bridgehead atoms. The third-order valence-electron chi connectivity index (χ3n) is 4.50. The molecule has 0 spiro atoms. The van der Waals surface area contributed by atoms with Gasteiger partial charge in [-0.25, -0.2) is 0 Å². The Morgan fingerprint density at radius 1 is 1.04 bits per heavy atom. The van der Waals surface area contributed by atoms with Crippen LogP contribution in [0, 0.1) is 0 Å². The lowest BCUT2D eigenvalue weighted by Gasteiger charge is -2.32. The molecule has 0 N–H and O–H groups in total. The van der Waals surface area contributed by atoms with Crippen LogP contribution in [0.5, 0.6) is 0 Å². The minimum absolute atomic E-state index is 1.05. The van der Waals surface area contributed by atoms with E-state index in [2.05, 4.69) is 58.2 Å². The maximum atomic E-state index is 4.45. The number of benzene rings is 1. The third kappa shape index (κ3) is 3.29. The van der Waals surface area contributed by atoms with Crippen molar-refractivity contribution in [3.63, 3.8) is 0 Å². The number of pyridine rings is 1. The van der Waals surface area contributed by atoms with E-state index in [0.29, 0.717) is 0 Å². The molecule has 0 amide bonds. The number of nitrogens with zero attached hydrogens (tertiary/aromatic N) is 3. The summed E-state index contributed by atoms with van der Waals surface area (Å²) < 4.78 is 1.26. The van der Waals surface area contributed by atoms with Gasteiger partial charge in [0.05, 0.1) is 10.2 Å². The first kappa shape index (κ1) is 14.8. The summed E-state index contributed by atoms with van der Waals surface area (Å²) in [5.41, 5.74) is 3.80. The second kappa shape index (κ2) is 6.40. The van der Waals surface area contributed by atoms with Gasteiger partial charge in [-0.3, -0.25) is 9.88 Å². The first-order valence-corrected chi connectivity index (χ1v) is 8.94. The molecule has 1 aromatic carbocycles. The van der Waals surface area contributed by atoms with E-state index in [1.807, 2.05) is 23.6 Å². The molecule has 0 atom stereocenters.